The summed E-state index contributed by atoms with van der Waals surface area (Å²) in [5.74, 6) is 0. The van der Waals surface area contributed by atoms with Gasteiger partial charge in [-0.2, -0.15) is 0 Å². The molecule has 1 unspecified atom stereocenters. The van der Waals surface area contributed by atoms with Gasteiger partial charge in [0.25, 0.3) is 0 Å². The number of benzene rings is 2. The topological polar surface area (TPSA) is 9.23 Å². The monoisotopic (exact) mass is 496 g/mol. The van der Waals surface area contributed by atoms with E-state index in [0.29, 0.717) is 14.5 Å². The van der Waals surface area contributed by atoms with Crippen LogP contribution in [-0.4, -0.2) is 35.7 Å². The first-order valence-electron chi connectivity index (χ1n) is 6.73. The van der Waals surface area contributed by atoms with Gasteiger partial charge in [0.15, 0.2) is 0 Å². The first-order chi connectivity index (χ1) is 10.0. The Labute approximate surface area is 149 Å². The van der Waals surface area contributed by atoms with E-state index in [9.17, 15) is 0 Å². The summed E-state index contributed by atoms with van der Waals surface area (Å²) in [5.41, 5.74) is 1.36. The van der Waals surface area contributed by atoms with Gasteiger partial charge in [-0.1, -0.05) is 0 Å². The molecular weight excluding hydrogens is 477 g/mol. The summed E-state index contributed by atoms with van der Waals surface area (Å²) in [6, 6.07) is 19.1. The fraction of sp³-hybridized carbons (Fsp3) is 0.250. The average molecular weight is 495 g/mol. The van der Waals surface area contributed by atoms with Gasteiger partial charge in [0.05, 0.1) is 0 Å². The van der Waals surface area contributed by atoms with Crippen molar-refractivity contribution in [1.29, 1.82) is 0 Å². The van der Waals surface area contributed by atoms with Gasteiger partial charge < -0.3 is 0 Å². The quantitative estimate of drug-likeness (QED) is 0.429. The number of hydrogen-bond donors (Lipinski definition) is 0. The molecule has 2 aromatic carbocycles. The first-order valence-corrected chi connectivity index (χ1v) is 14.9. The van der Waals surface area contributed by atoms with E-state index in [1.807, 2.05) is 0 Å². The molecule has 0 spiro atoms. The Balaban J connectivity index is 2.22. The third kappa shape index (κ3) is 5.19. The Morgan fingerprint density at radius 3 is 2.33 bits per heavy atom. The molecule has 2 aromatic rings. The van der Waals surface area contributed by atoms with Crippen LogP contribution in [-0.2, 0) is 9.84 Å². The second kappa shape index (κ2) is 8.27. The molecule has 0 aliphatic carbocycles. The zero-order chi connectivity index (χ0) is 15.3. The van der Waals surface area contributed by atoms with Crippen LogP contribution in [0, 0.1) is 0 Å². The SMILES string of the molecule is CC(C)OP(=[Se])([Se]Cc1ccccc1Br)c1ccccc1. The third-order valence-electron chi connectivity index (χ3n) is 2.77. The molecule has 0 heterocycles. The van der Waals surface area contributed by atoms with Crippen LogP contribution in [0.1, 0.15) is 19.4 Å². The van der Waals surface area contributed by atoms with Gasteiger partial charge in [0.1, 0.15) is 0 Å². The Morgan fingerprint density at radius 2 is 1.71 bits per heavy atom. The van der Waals surface area contributed by atoms with Crippen molar-refractivity contribution in [3.05, 3.63) is 64.6 Å². The van der Waals surface area contributed by atoms with Gasteiger partial charge in [-0.15, -0.1) is 0 Å². The van der Waals surface area contributed by atoms with Gasteiger partial charge >= 0.3 is 150 Å². The van der Waals surface area contributed by atoms with E-state index in [1.165, 1.54) is 15.3 Å². The summed E-state index contributed by atoms with van der Waals surface area (Å²) in [6.07, 6.45) is 0.237. The summed E-state index contributed by atoms with van der Waals surface area (Å²) >= 11 is 7.44. The van der Waals surface area contributed by atoms with Crippen molar-refractivity contribution >= 4 is 55.3 Å². The summed E-state index contributed by atoms with van der Waals surface area (Å²) in [4.78, 5) is 0. The Kier molecular flexibility index (Phi) is 6.97. The van der Waals surface area contributed by atoms with E-state index >= 15 is 0 Å². The summed E-state index contributed by atoms with van der Waals surface area (Å²) in [7, 11) is 0. The van der Waals surface area contributed by atoms with Crippen molar-refractivity contribution < 1.29 is 4.52 Å². The van der Waals surface area contributed by atoms with E-state index in [2.05, 4.69) is 99.5 Å². The minimum absolute atomic E-state index is 0.237. The summed E-state index contributed by atoms with van der Waals surface area (Å²) in [5, 5.41) is 2.39. The third-order valence-corrected chi connectivity index (χ3v) is 16.4. The number of halogens is 1. The Hall–Kier alpha value is 0.349. The second-order valence-corrected chi connectivity index (χ2v) is 19.9. The predicted octanol–water partition coefficient (Wildman–Crippen LogP) is 4.33. The number of hydrogen-bond acceptors (Lipinski definition) is 1. The molecule has 21 heavy (non-hydrogen) atoms. The van der Waals surface area contributed by atoms with E-state index in [0.717, 1.165) is 5.32 Å². The maximum atomic E-state index is 6.35. The summed E-state index contributed by atoms with van der Waals surface area (Å²) < 4.78 is 5.90. The Morgan fingerprint density at radius 1 is 1.10 bits per heavy atom. The van der Waals surface area contributed by atoms with Crippen molar-refractivity contribution in [3.63, 3.8) is 0 Å². The molecule has 0 amide bonds. The molecule has 1 nitrogen and oxygen atoms in total. The fourth-order valence-electron chi connectivity index (χ4n) is 1.82. The van der Waals surface area contributed by atoms with Gasteiger partial charge in [0, 0.05) is 0 Å². The molecule has 0 aromatic heterocycles. The van der Waals surface area contributed by atoms with Crippen molar-refractivity contribution in [3.8, 4) is 0 Å². The van der Waals surface area contributed by atoms with Crippen molar-refractivity contribution in [2.24, 2.45) is 0 Å². The molecular formula is C16H18BrOPSe2. The molecule has 0 bridgehead atoms. The fourth-order valence-corrected chi connectivity index (χ4v) is 13.6. The molecule has 0 radical (unpaired) electrons. The molecule has 0 saturated carbocycles. The number of rotatable bonds is 6. The molecule has 1 atom stereocenters. The van der Waals surface area contributed by atoms with E-state index in [4.69, 9.17) is 4.52 Å². The van der Waals surface area contributed by atoms with E-state index < -0.39 is 4.43 Å². The standard InChI is InChI=1S/C16H18BrOPSe2/c1-13(2)18-19(20,15-9-4-3-5-10-15)21-12-14-8-6-7-11-16(14)17/h3-11,13H,12H2,1-2H3. The van der Waals surface area contributed by atoms with Crippen LogP contribution in [0.5, 0.6) is 0 Å². The molecule has 0 aliphatic rings. The van der Waals surface area contributed by atoms with Crippen molar-refractivity contribution in [1.82, 2.24) is 0 Å². The predicted molar refractivity (Wildman–Crippen MR) is 98.6 cm³/mol. The minimum atomic E-state index is -1.65. The van der Waals surface area contributed by atoms with Gasteiger partial charge in [-0.05, 0) is 0 Å². The van der Waals surface area contributed by atoms with Crippen molar-refractivity contribution in [2.75, 3.05) is 0 Å². The van der Waals surface area contributed by atoms with Gasteiger partial charge in [-0.3, -0.25) is 0 Å². The van der Waals surface area contributed by atoms with Crippen LogP contribution >= 0.6 is 20.4 Å². The van der Waals surface area contributed by atoms with Crippen LogP contribution in [0.25, 0.3) is 0 Å². The Bertz CT molecular complexity index is 631. The van der Waals surface area contributed by atoms with Crippen LogP contribution in [0.15, 0.2) is 59.1 Å². The zero-order valence-corrected chi connectivity index (χ0v) is 17.9. The van der Waals surface area contributed by atoms with Crippen LogP contribution in [0.4, 0.5) is 0 Å². The van der Waals surface area contributed by atoms with Crippen LogP contribution < -0.4 is 5.30 Å². The molecule has 0 aliphatic heterocycles. The van der Waals surface area contributed by atoms with Gasteiger partial charge in [0.2, 0.25) is 0 Å². The van der Waals surface area contributed by atoms with Gasteiger partial charge in [-0.25, -0.2) is 0 Å². The second-order valence-electron chi connectivity index (χ2n) is 4.85. The molecule has 112 valence electrons. The zero-order valence-electron chi connectivity index (χ0n) is 12.0. The van der Waals surface area contributed by atoms with Crippen LogP contribution in [0.2, 0.25) is 0 Å². The van der Waals surface area contributed by atoms with Crippen molar-refractivity contribution in [2.45, 2.75) is 25.3 Å². The van der Waals surface area contributed by atoms with Crippen LogP contribution in [0.3, 0.4) is 0 Å². The molecule has 5 heteroatoms. The molecule has 0 fully saturated rings. The molecule has 2 rings (SSSR count). The van der Waals surface area contributed by atoms with E-state index in [1.54, 1.807) is 0 Å². The average Bonchev–Trinajstić information content (AvgIpc) is 2.47. The maximum absolute atomic E-state index is 6.35. The van der Waals surface area contributed by atoms with E-state index in [-0.39, 0.29) is 6.10 Å². The first kappa shape index (κ1) is 17.7. The molecule has 0 N–H and O–H groups in total. The molecule has 0 saturated heterocycles. The summed E-state index contributed by atoms with van der Waals surface area (Å²) in [6.45, 7) is 4.23. The normalized spacial score (nSPS) is 14.1.